The highest BCUT2D eigenvalue weighted by Crippen LogP contribution is 2.18. The molecular weight excluding hydrogens is 372 g/mol. The van der Waals surface area contributed by atoms with Gasteiger partial charge in [-0.25, -0.2) is 9.97 Å². The first kappa shape index (κ1) is 20.4. The summed E-state index contributed by atoms with van der Waals surface area (Å²) < 4.78 is 0. The van der Waals surface area contributed by atoms with Gasteiger partial charge in [0, 0.05) is 45.6 Å². The number of guanidine groups is 1. The summed E-state index contributed by atoms with van der Waals surface area (Å²) in [4.78, 5) is 15.4. The van der Waals surface area contributed by atoms with Crippen molar-refractivity contribution in [1.82, 2.24) is 20.6 Å². The van der Waals surface area contributed by atoms with Gasteiger partial charge < -0.3 is 15.5 Å². The number of pyridine rings is 2. The highest BCUT2D eigenvalue weighted by atomic mass is 35.5. The van der Waals surface area contributed by atoms with E-state index < -0.39 is 0 Å². The molecule has 0 bridgehead atoms. The predicted octanol–water partition coefficient (Wildman–Crippen LogP) is 3.42. The Balaban J connectivity index is 1.47. The van der Waals surface area contributed by atoms with Crippen molar-refractivity contribution in [3.05, 3.63) is 52.9 Å². The van der Waals surface area contributed by atoms with Gasteiger partial charge in [0.1, 0.15) is 11.0 Å². The molecule has 0 aromatic carbocycles. The molecule has 2 aromatic heterocycles. The highest BCUT2D eigenvalue weighted by molar-refractivity contribution is 6.29. The van der Waals surface area contributed by atoms with Crippen LogP contribution in [0.15, 0.2) is 41.7 Å². The molecule has 0 radical (unpaired) electrons. The van der Waals surface area contributed by atoms with Gasteiger partial charge in [-0.3, -0.25) is 4.99 Å². The van der Waals surface area contributed by atoms with Gasteiger partial charge in [-0.05, 0) is 48.6 Å². The largest absolute Gasteiger partial charge is 0.357 e. The maximum atomic E-state index is 5.82. The minimum absolute atomic E-state index is 0.520. The maximum absolute atomic E-state index is 5.82. The lowest BCUT2D eigenvalue weighted by atomic mass is 10.2. The molecule has 1 aliphatic rings. The molecule has 2 aromatic rings. The number of aliphatic imine (C=N–C) groups is 1. The number of nitrogens with zero attached hydrogens (tertiary/aromatic N) is 4. The van der Waals surface area contributed by atoms with E-state index in [9.17, 15) is 0 Å². The number of anilines is 1. The fourth-order valence-electron chi connectivity index (χ4n) is 3.33. The molecule has 3 heterocycles. The zero-order chi connectivity index (χ0) is 19.6. The van der Waals surface area contributed by atoms with Crippen molar-refractivity contribution in [1.29, 1.82) is 0 Å². The smallest absolute Gasteiger partial charge is 0.191 e. The number of nitrogens with one attached hydrogen (secondary N) is 2. The zero-order valence-electron chi connectivity index (χ0n) is 16.5. The Kier molecular flexibility index (Phi) is 7.91. The Hall–Kier alpha value is -2.34. The van der Waals surface area contributed by atoms with Gasteiger partial charge in [-0.2, -0.15) is 0 Å². The van der Waals surface area contributed by atoms with Crippen molar-refractivity contribution in [2.75, 3.05) is 31.6 Å². The van der Waals surface area contributed by atoms with Crippen molar-refractivity contribution < 1.29 is 0 Å². The Morgan fingerprint density at radius 3 is 2.61 bits per heavy atom. The van der Waals surface area contributed by atoms with E-state index in [2.05, 4.69) is 42.6 Å². The van der Waals surface area contributed by atoms with Gasteiger partial charge in [0.15, 0.2) is 5.96 Å². The number of hydrogen-bond donors (Lipinski definition) is 2. The summed E-state index contributed by atoms with van der Waals surface area (Å²) in [6.07, 6.45) is 9.73. The van der Waals surface area contributed by atoms with Gasteiger partial charge in [-0.15, -0.1) is 0 Å². The molecule has 3 rings (SSSR count). The summed E-state index contributed by atoms with van der Waals surface area (Å²) in [5, 5.41) is 7.24. The van der Waals surface area contributed by atoms with Gasteiger partial charge >= 0.3 is 0 Å². The highest BCUT2D eigenvalue weighted by Gasteiger charge is 2.11. The van der Waals surface area contributed by atoms with Crippen LogP contribution in [0.1, 0.15) is 36.8 Å². The van der Waals surface area contributed by atoms with Crippen LogP contribution in [0.3, 0.4) is 0 Å². The van der Waals surface area contributed by atoms with Crippen LogP contribution in [0.4, 0.5) is 5.82 Å². The summed E-state index contributed by atoms with van der Waals surface area (Å²) in [7, 11) is 1.79. The van der Waals surface area contributed by atoms with Crippen LogP contribution in [0.2, 0.25) is 5.15 Å². The molecule has 28 heavy (non-hydrogen) atoms. The molecule has 7 heteroatoms. The molecule has 0 atom stereocenters. The van der Waals surface area contributed by atoms with Crippen LogP contribution in [0.25, 0.3) is 0 Å². The number of halogens is 1. The molecule has 6 nitrogen and oxygen atoms in total. The Bertz CT molecular complexity index is 754. The minimum atomic E-state index is 0.520. The maximum Gasteiger partial charge on any atom is 0.191 e. The fraction of sp³-hybridized carbons (Fsp3) is 0.476. The molecule has 0 aliphatic carbocycles. The van der Waals surface area contributed by atoms with E-state index in [0.717, 1.165) is 43.4 Å². The van der Waals surface area contributed by atoms with Crippen molar-refractivity contribution in [2.45, 2.75) is 38.6 Å². The zero-order valence-corrected chi connectivity index (χ0v) is 17.3. The third kappa shape index (κ3) is 6.37. The van der Waals surface area contributed by atoms with E-state index in [1.807, 2.05) is 24.5 Å². The quantitative estimate of drug-likeness (QED) is 0.442. The lowest BCUT2D eigenvalue weighted by Gasteiger charge is -2.22. The van der Waals surface area contributed by atoms with E-state index in [-0.39, 0.29) is 0 Å². The SMILES string of the molecule is CN=C(NCCc1ccc(Cl)nc1)NCc1ccnc(N2CCCCCC2)c1. The van der Waals surface area contributed by atoms with Gasteiger partial charge in [0.05, 0.1) is 0 Å². The second kappa shape index (κ2) is 10.9. The molecule has 1 fully saturated rings. The topological polar surface area (TPSA) is 65.4 Å². The molecule has 0 amide bonds. The molecule has 0 unspecified atom stereocenters. The average molecular weight is 401 g/mol. The van der Waals surface area contributed by atoms with Crippen molar-refractivity contribution in [2.24, 2.45) is 4.99 Å². The lowest BCUT2D eigenvalue weighted by Crippen LogP contribution is -2.37. The number of rotatable bonds is 6. The van der Waals surface area contributed by atoms with E-state index in [4.69, 9.17) is 11.6 Å². The first-order valence-electron chi connectivity index (χ1n) is 9.99. The standard InChI is InChI=1S/C21H29ClN6/c1-23-21(25-11-8-17-6-7-19(22)26-15-17)27-16-18-9-10-24-20(14-18)28-12-4-2-3-5-13-28/h6-7,9-10,14-15H,2-5,8,11-13,16H2,1H3,(H2,23,25,27). The van der Waals surface area contributed by atoms with Crippen LogP contribution in [0.5, 0.6) is 0 Å². The minimum Gasteiger partial charge on any atom is -0.357 e. The van der Waals surface area contributed by atoms with Gasteiger partial charge in [0.25, 0.3) is 0 Å². The summed E-state index contributed by atoms with van der Waals surface area (Å²) >= 11 is 5.82. The Morgan fingerprint density at radius 2 is 1.89 bits per heavy atom. The van der Waals surface area contributed by atoms with Crippen molar-refractivity contribution in [3.8, 4) is 0 Å². The summed E-state index contributed by atoms with van der Waals surface area (Å²) in [5.41, 5.74) is 2.35. The number of aromatic nitrogens is 2. The summed E-state index contributed by atoms with van der Waals surface area (Å²) in [6.45, 7) is 3.70. The third-order valence-corrected chi connectivity index (χ3v) is 5.14. The van der Waals surface area contributed by atoms with E-state index in [1.165, 1.54) is 31.2 Å². The normalized spacial score (nSPS) is 15.2. The van der Waals surface area contributed by atoms with Crippen LogP contribution < -0.4 is 15.5 Å². The number of hydrogen-bond acceptors (Lipinski definition) is 4. The van der Waals surface area contributed by atoms with Gasteiger partial charge in [0.2, 0.25) is 0 Å². The Labute approximate surface area is 172 Å². The molecule has 2 N–H and O–H groups in total. The second-order valence-electron chi connectivity index (χ2n) is 7.02. The molecule has 0 saturated carbocycles. The van der Waals surface area contributed by atoms with Crippen molar-refractivity contribution >= 4 is 23.4 Å². The van der Waals surface area contributed by atoms with Crippen molar-refractivity contribution in [3.63, 3.8) is 0 Å². The first-order chi connectivity index (χ1) is 13.7. The average Bonchev–Trinajstić information content (AvgIpc) is 3.02. The van der Waals surface area contributed by atoms with E-state index in [1.54, 1.807) is 7.05 Å². The molecule has 1 aliphatic heterocycles. The summed E-state index contributed by atoms with van der Waals surface area (Å²) in [5.74, 6) is 1.87. The van der Waals surface area contributed by atoms with Crippen LogP contribution in [-0.4, -0.2) is 42.6 Å². The fourth-order valence-corrected chi connectivity index (χ4v) is 3.44. The van der Waals surface area contributed by atoms with E-state index >= 15 is 0 Å². The van der Waals surface area contributed by atoms with E-state index in [0.29, 0.717) is 11.7 Å². The third-order valence-electron chi connectivity index (χ3n) is 4.92. The summed E-state index contributed by atoms with van der Waals surface area (Å²) in [6, 6.07) is 8.05. The lowest BCUT2D eigenvalue weighted by molar-refractivity contribution is 0.726. The monoisotopic (exact) mass is 400 g/mol. The van der Waals surface area contributed by atoms with Gasteiger partial charge in [-0.1, -0.05) is 30.5 Å². The molecule has 0 spiro atoms. The first-order valence-corrected chi connectivity index (χ1v) is 10.4. The second-order valence-corrected chi connectivity index (χ2v) is 7.40. The molecular formula is C21H29ClN6. The predicted molar refractivity (Wildman–Crippen MR) is 116 cm³/mol. The van der Waals surface area contributed by atoms with Crippen LogP contribution >= 0.6 is 11.6 Å². The molecule has 1 saturated heterocycles. The van der Waals surface area contributed by atoms with Crippen LogP contribution in [-0.2, 0) is 13.0 Å². The van der Waals surface area contributed by atoms with Crippen LogP contribution in [0, 0.1) is 0 Å². The Morgan fingerprint density at radius 1 is 1.07 bits per heavy atom. The molecule has 150 valence electrons.